The number of nitrogens with zero attached hydrogens (tertiary/aromatic N) is 2. The van der Waals surface area contributed by atoms with Crippen LogP contribution < -0.4 is 4.90 Å². The van der Waals surface area contributed by atoms with Gasteiger partial charge in [0.15, 0.2) is 0 Å². The van der Waals surface area contributed by atoms with E-state index in [1.807, 2.05) is 48.0 Å². The molecule has 0 unspecified atom stereocenters. The molecule has 2 N–H and O–H groups in total. The maximum Gasteiger partial charge on any atom is 0.225 e. The number of benzene rings is 1. The number of carbonyl (C=O) groups excluding carboxylic acids is 1. The lowest BCUT2D eigenvalue weighted by atomic mass is 9.53. The van der Waals surface area contributed by atoms with Crippen molar-refractivity contribution in [2.24, 2.45) is 23.2 Å². The number of thiazole rings is 1. The van der Waals surface area contributed by atoms with Crippen molar-refractivity contribution in [3.05, 3.63) is 45.9 Å². The zero-order valence-corrected chi connectivity index (χ0v) is 23.7. The summed E-state index contributed by atoms with van der Waals surface area (Å²) in [6.45, 7) is 8.31. The van der Waals surface area contributed by atoms with Crippen LogP contribution in [0.4, 0.5) is 0 Å². The zero-order chi connectivity index (χ0) is 25.3. The molecule has 0 spiro atoms. The summed E-state index contributed by atoms with van der Waals surface area (Å²) in [7, 11) is 6.12. The summed E-state index contributed by atoms with van der Waals surface area (Å²) in [5.41, 5.74) is 1.24. The number of aliphatic hydroxyl groups is 1. The minimum Gasteiger partial charge on any atom is -0.392 e. The van der Waals surface area contributed by atoms with Crippen molar-refractivity contribution < 1.29 is 14.8 Å². The van der Waals surface area contributed by atoms with Crippen LogP contribution in [0.3, 0.4) is 0 Å². The highest BCUT2D eigenvalue weighted by Gasteiger charge is 2.54. The number of aliphatic hydroxyl groups excluding tert-OH is 1. The fourth-order valence-electron chi connectivity index (χ4n) is 6.35. The number of amides is 1. The summed E-state index contributed by atoms with van der Waals surface area (Å²) < 4.78 is 0. The molecule has 2 aliphatic rings. The molecule has 1 aromatic carbocycles. The topological polar surface area (TPSA) is 57.9 Å². The van der Waals surface area contributed by atoms with Gasteiger partial charge < -0.3 is 14.9 Å². The van der Waals surface area contributed by atoms with Crippen molar-refractivity contribution in [1.82, 2.24) is 9.88 Å². The Morgan fingerprint density at radius 2 is 2.06 bits per heavy atom. The number of aromatic nitrogens is 1. The number of hydrogen-bond donors (Lipinski definition) is 2. The van der Waals surface area contributed by atoms with Crippen LogP contribution in [-0.2, 0) is 17.0 Å². The molecule has 1 aromatic heterocycles. The Hall–Kier alpha value is -1.41. The molecule has 0 bridgehead atoms. The van der Waals surface area contributed by atoms with E-state index in [1.165, 1.54) is 25.4 Å². The minimum atomic E-state index is -0.479. The highest BCUT2D eigenvalue weighted by molar-refractivity contribution is 7.98. The highest BCUT2D eigenvalue weighted by Crippen LogP contribution is 2.57. The molecule has 1 amide bonds. The largest absolute Gasteiger partial charge is 0.392 e. The average Bonchev–Trinajstić information content (AvgIpc) is 3.23. The van der Waals surface area contributed by atoms with E-state index in [-0.39, 0.29) is 35.0 Å². The van der Waals surface area contributed by atoms with E-state index in [2.05, 4.69) is 52.2 Å². The summed E-state index contributed by atoms with van der Waals surface area (Å²) >= 11 is 3.70. The maximum absolute atomic E-state index is 13.2. The van der Waals surface area contributed by atoms with Gasteiger partial charge >= 0.3 is 0 Å². The second-order valence-corrected chi connectivity index (χ2v) is 13.6. The van der Waals surface area contributed by atoms with Gasteiger partial charge in [-0.15, -0.1) is 23.1 Å². The van der Waals surface area contributed by atoms with Crippen LogP contribution in [0.1, 0.15) is 55.1 Å². The number of rotatable bonds is 8. The molecule has 0 saturated heterocycles. The smallest absolute Gasteiger partial charge is 0.225 e. The van der Waals surface area contributed by atoms with Gasteiger partial charge in [0.05, 0.1) is 44.7 Å². The van der Waals surface area contributed by atoms with Crippen molar-refractivity contribution in [3.63, 3.8) is 0 Å². The molecule has 2 aromatic rings. The lowest BCUT2D eigenvalue weighted by Crippen LogP contribution is -3.06. The van der Waals surface area contributed by atoms with Crippen LogP contribution >= 0.6 is 23.1 Å². The molecule has 1 fully saturated rings. The van der Waals surface area contributed by atoms with Crippen molar-refractivity contribution in [2.75, 3.05) is 34.2 Å². The Morgan fingerprint density at radius 1 is 1.34 bits per heavy atom. The van der Waals surface area contributed by atoms with Crippen molar-refractivity contribution >= 4 is 29.0 Å². The zero-order valence-electron chi connectivity index (χ0n) is 22.1. The Labute approximate surface area is 219 Å². The molecular formula is C28H42N3O2S2+. The Balaban J connectivity index is 1.48. The second kappa shape index (κ2) is 10.9. The molecule has 35 heavy (non-hydrogen) atoms. The quantitative estimate of drug-likeness (QED) is 0.525. The van der Waals surface area contributed by atoms with Gasteiger partial charge in [-0.25, -0.2) is 4.98 Å². The number of carbonyl (C=O) groups is 1. The standard InChI is InChI=1S/C28H41N3O2S2/c1-18(27(33)31(6)15-14-30(4)5)21-12-13-28(3)16-22-25(19(2)24(28)26(21)32)29-23(35-22)17-34-20-10-8-7-9-11-20/h7-11,18-19,21,24,26,32H,12-17H2,1-6H3/p+1/t18-,19-,21-,24+,26-,28-/m0/s1. The first-order valence-corrected chi connectivity index (χ1v) is 14.8. The Kier molecular flexibility index (Phi) is 8.31. The number of fused-ring (bicyclic) bond motifs is 2. The molecule has 0 radical (unpaired) electrons. The van der Waals surface area contributed by atoms with E-state index in [1.54, 1.807) is 0 Å². The third-order valence-electron chi connectivity index (χ3n) is 8.43. The molecule has 0 aliphatic heterocycles. The lowest BCUT2D eigenvalue weighted by molar-refractivity contribution is -0.857. The fraction of sp³-hybridized carbons (Fsp3) is 0.643. The van der Waals surface area contributed by atoms with Gasteiger partial charge in [0.1, 0.15) is 5.01 Å². The van der Waals surface area contributed by atoms with E-state index in [9.17, 15) is 9.90 Å². The first kappa shape index (κ1) is 26.6. The van der Waals surface area contributed by atoms with E-state index in [4.69, 9.17) is 4.98 Å². The fourth-order valence-corrected chi connectivity index (χ4v) is 8.64. The second-order valence-electron chi connectivity index (χ2n) is 11.4. The third-order valence-corrected chi connectivity index (χ3v) is 10.7. The lowest BCUT2D eigenvalue weighted by Gasteiger charge is -2.53. The number of thioether (sulfide) groups is 1. The summed E-state index contributed by atoms with van der Waals surface area (Å²) in [5.74, 6) is 1.22. The van der Waals surface area contributed by atoms with E-state index < -0.39 is 6.10 Å². The Morgan fingerprint density at radius 3 is 2.74 bits per heavy atom. The molecule has 6 atom stereocenters. The summed E-state index contributed by atoms with van der Waals surface area (Å²) in [6.07, 6.45) is 2.47. The molecule has 7 heteroatoms. The van der Waals surface area contributed by atoms with Crippen LogP contribution in [0.5, 0.6) is 0 Å². The van der Waals surface area contributed by atoms with Crippen LogP contribution in [0.25, 0.3) is 0 Å². The predicted octanol–water partition coefficient (Wildman–Crippen LogP) is 3.73. The van der Waals surface area contributed by atoms with Gasteiger partial charge in [-0.2, -0.15) is 0 Å². The van der Waals surface area contributed by atoms with Crippen molar-refractivity contribution in [1.29, 1.82) is 0 Å². The van der Waals surface area contributed by atoms with Gasteiger partial charge in [0, 0.05) is 28.7 Å². The van der Waals surface area contributed by atoms with Crippen LogP contribution in [-0.4, -0.2) is 61.2 Å². The molecule has 4 rings (SSSR count). The van der Waals surface area contributed by atoms with E-state index in [0.29, 0.717) is 0 Å². The molecule has 5 nitrogen and oxygen atoms in total. The minimum absolute atomic E-state index is 0.00507. The highest BCUT2D eigenvalue weighted by atomic mass is 32.2. The van der Waals surface area contributed by atoms with Crippen LogP contribution in [0.15, 0.2) is 35.2 Å². The Bertz CT molecular complexity index is 1010. The normalized spacial score (nSPS) is 28.9. The third kappa shape index (κ3) is 5.63. The van der Waals surface area contributed by atoms with Crippen LogP contribution in [0, 0.1) is 23.2 Å². The number of likely N-dealkylation sites (N-methyl/N-ethyl adjacent to an activating group) is 2. The first-order chi connectivity index (χ1) is 16.6. The van der Waals surface area contributed by atoms with Gasteiger partial charge in [-0.05, 0) is 48.6 Å². The van der Waals surface area contributed by atoms with Gasteiger partial charge in [-0.3, -0.25) is 4.79 Å². The molecule has 192 valence electrons. The van der Waals surface area contributed by atoms with Crippen molar-refractivity contribution in [3.8, 4) is 0 Å². The van der Waals surface area contributed by atoms with Crippen LogP contribution in [0.2, 0.25) is 0 Å². The van der Waals surface area contributed by atoms with Crippen molar-refractivity contribution in [2.45, 2.75) is 62.7 Å². The maximum atomic E-state index is 13.2. The molecule has 1 heterocycles. The summed E-state index contributed by atoms with van der Waals surface area (Å²) in [4.78, 5) is 24.2. The predicted molar refractivity (Wildman–Crippen MR) is 145 cm³/mol. The first-order valence-electron chi connectivity index (χ1n) is 13.0. The molecule has 1 saturated carbocycles. The van der Waals surface area contributed by atoms with E-state index in [0.717, 1.165) is 38.1 Å². The van der Waals surface area contributed by atoms with Gasteiger partial charge in [-0.1, -0.05) is 39.0 Å². The average molecular weight is 517 g/mol. The number of quaternary nitrogens is 1. The summed E-state index contributed by atoms with van der Waals surface area (Å²) in [5, 5.41) is 12.9. The van der Waals surface area contributed by atoms with Gasteiger partial charge in [0.2, 0.25) is 5.91 Å². The molecular weight excluding hydrogens is 474 g/mol. The molecule has 2 aliphatic carbocycles. The number of hydrogen-bond acceptors (Lipinski definition) is 5. The van der Waals surface area contributed by atoms with Gasteiger partial charge in [0.25, 0.3) is 0 Å². The summed E-state index contributed by atoms with van der Waals surface area (Å²) in [6, 6.07) is 10.5. The van der Waals surface area contributed by atoms with E-state index >= 15 is 0 Å². The SMILES string of the molecule is C[C@H](C(=O)N(C)CC[NH+](C)C)[C@@H]1CC[C@@]2(C)Cc3sc(CSc4ccccc4)nc3[C@@H](C)[C@@H]2[C@H]1O. The monoisotopic (exact) mass is 516 g/mol. The number of nitrogens with one attached hydrogen (secondary N) is 1.